The number of hydrogen-bond donors (Lipinski definition) is 1. The molecule has 0 saturated heterocycles. The minimum Gasteiger partial charge on any atom is -0.306 e. The molecule has 0 unspecified atom stereocenters. The first kappa shape index (κ1) is 17.0. The Kier molecular flexibility index (Phi) is 5.52. The molecule has 1 N–H and O–H groups in total. The van der Waals surface area contributed by atoms with Gasteiger partial charge in [-0.15, -0.1) is 0 Å². The summed E-state index contributed by atoms with van der Waals surface area (Å²) in [5.41, 5.74) is 1.96. The third-order valence-electron chi connectivity index (χ3n) is 3.87. The van der Waals surface area contributed by atoms with Gasteiger partial charge < -0.3 is 5.32 Å². The van der Waals surface area contributed by atoms with E-state index in [0.717, 1.165) is 16.5 Å². The van der Waals surface area contributed by atoms with E-state index in [1.54, 1.807) is 12.1 Å². The van der Waals surface area contributed by atoms with Gasteiger partial charge in [0.05, 0.1) is 6.54 Å². The summed E-state index contributed by atoms with van der Waals surface area (Å²) in [6.07, 6.45) is 0.423. The number of benzene rings is 3. The molecule has 0 aliphatic heterocycles. The second-order valence-corrected chi connectivity index (χ2v) is 6.58. The van der Waals surface area contributed by atoms with Crippen molar-refractivity contribution in [2.45, 2.75) is 13.0 Å². The van der Waals surface area contributed by atoms with Crippen LogP contribution in [0, 0.1) is 0 Å². The first-order valence-corrected chi connectivity index (χ1v) is 8.51. The molecule has 0 radical (unpaired) electrons. The average molecular weight is 358 g/mol. The number of carbonyl (C=O) groups is 1. The summed E-state index contributed by atoms with van der Waals surface area (Å²) in [5, 5.41) is 6.70. The van der Waals surface area contributed by atoms with Gasteiger partial charge in [-0.25, -0.2) is 0 Å². The molecule has 0 aliphatic rings. The Bertz CT molecular complexity index is 876. The summed E-state index contributed by atoms with van der Waals surface area (Å²) in [5.74, 6) is 0.148. The van der Waals surface area contributed by atoms with Crippen molar-refractivity contribution in [1.82, 2.24) is 5.32 Å². The fourth-order valence-corrected chi connectivity index (χ4v) is 3.12. The fourth-order valence-electron chi connectivity index (χ4n) is 2.64. The summed E-state index contributed by atoms with van der Waals surface area (Å²) in [7, 11) is 0. The minimum absolute atomic E-state index is 0.148. The predicted molar refractivity (Wildman–Crippen MR) is 101 cm³/mol. The quantitative estimate of drug-likeness (QED) is 0.668. The normalized spacial score (nSPS) is 10.9. The van der Waals surface area contributed by atoms with Crippen molar-refractivity contribution >= 4 is 39.8 Å². The van der Waals surface area contributed by atoms with Gasteiger partial charge >= 0.3 is 0 Å². The lowest BCUT2D eigenvalue weighted by Crippen LogP contribution is -2.24. The average Bonchev–Trinajstić information content (AvgIpc) is 2.57. The van der Waals surface area contributed by atoms with Gasteiger partial charge in [0, 0.05) is 23.0 Å². The number of nitrogens with one attached hydrogen (secondary N) is 1. The second kappa shape index (κ2) is 7.80. The van der Waals surface area contributed by atoms with Gasteiger partial charge in [0.1, 0.15) is 0 Å². The first-order valence-electron chi connectivity index (χ1n) is 7.76. The fraction of sp³-hybridized carbons (Fsp3) is 0.150. The molecule has 0 aliphatic carbocycles. The van der Waals surface area contributed by atoms with Gasteiger partial charge in [0.15, 0.2) is 5.78 Å². The molecular formula is C20H17Cl2NO. The highest BCUT2D eigenvalue weighted by atomic mass is 35.5. The van der Waals surface area contributed by atoms with Crippen LogP contribution >= 0.6 is 23.2 Å². The molecule has 0 aromatic heterocycles. The molecule has 2 nitrogen and oxygen atoms in total. The monoisotopic (exact) mass is 357 g/mol. The molecule has 0 atom stereocenters. The minimum atomic E-state index is 0.148. The maximum atomic E-state index is 12.2. The lowest BCUT2D eigenvalue weighted by Gasteiger charge is -2.07. The molecule has 4 heteroatoms. The largest absolute Gasteiger partial charge is 0.306 e. The van der Waals surface area contributed by atoms with E-state index in [1.165, 1.54) is 5.39 Å². The molecule has 0 fully saturated rings. The number of carbonyl (C=O) groups excluding carboxylic acids is 1. The molecule has 0 heterocycles. The van der Waals surface area contributed by atoms with Gasteiger partial charge in [0.2, 0.25) is 0 Å². The molecule has 122 valence electrons. The van der Waals surface area contributed by atoms with E-state index in [4.69, 9.17) is 23.2 Å². The topological polar surface area (TPSA) is 29.1 Å². The Labute approximate surface area is 151 Å². The standard InChI is InChI=1S/C20H17Cl2NO/c21-18-8-7-17(20(22)11-18)12-23-13-19(24)10-14-5-6-15-3-1-2-4-16(15)9-14/h1-9,11,23H,10,12-13H2. The number of halogens is 2. The molecule has 0 saturated carbocycles. The number of rotatable bonds is 6. The lowest BCUT2D eigenvalue weighted by molar-refractivity contribution is -0.117. The van der Waals surface area contributed by atoms with Crippen LogP contribution in [-0.4, -0.2) is 12.3 Å². The van der Waals surface area contributed by atoms with Crippen LogP contribution in [0.25, 0.3) is 10.8 Å². The van der Waals surface area contributed by atoms with Crippen molar-refractivity contribution in [1.29, 1.82) is 0 Å². The highest BCUT2D eigenvalue weighted by molar-refractivity contribution is 6.35. The molecule has 3 aromatic rings. The summed E-state index contributed by atoms with van der Waals surface area (Å²) < 4.78 is 0. The molecule has 0 bridgehead atoms. The van der Waals surface area contributed by atoms with Gasteiger partial charge in [-0.1, -0.05) is 71.7 Å². The van der Waals surface area contributed by atoms with Crippen molar-refractivity contribution in [3.05, 3.63) is 81.8 Å². The van der Waals surface area contributed by atoms with Crippen LogP contribution in [0.1, 0.15) is 11.1 Å². The van der Waals surface area contributed by atoms with Crippen LogP contribution in [0.2, 0.25) is 10.0 Å². The number of fused-ring (bicyclic) bond motifs is 1. The maximum absolute atomic E-state index is 12.2. The first-order chi connectivity index (χ1) is 11.6. The van der Waals surface area contributed by atoms with Gasteiger partial charge in [0.25, 0.3) is 0 Å². The van der Waals surface area contributed by atoms with Crippen LogP contribution < -0.4 is 5.32 Å². The molecule has 0 spiro atoms. The highest BCUT2D eigenvalue weighted by Crippen LogP contribution is 2.20. The molecule has 3 rings (SSSR count). The van der Waals surface area contributed by atoms with E-state index in [-0.39, 0.29) is 5.78 Å². The van der Waals surface area contributed by atoms with E-state index in [1.807, 2.05) is 24.3 Å². The zero-order chi connectivity index (χ0) is 16.9. The van der Waals surface area contributed by atoms with Crippen LogP contribution in [-0.2, 0) is 17.8 Å². The second-order valence-electron chi connectivity index (χ2n) is 5.74. The van der Waals surface area contributed by atoms with E-state index >= 15 is 0 Å². The predicted octanol–water partition coefficient (Wildman–Crippen LogP) is 5.05. The Morgan fingerprint density at radius 3 is 2.50 bits per heavy atom. The summed E-state index contributed by atoms with van der Waals surface area (Å²) in [6.45, 7) is 0.852. The van der Waals surface area contributed by atoms with Crippen molar-refractivity contribution in [2.75, 3.05) is 6.54 Å². The molecule has 24 heavy (non-hydrogen) atoms. The zero-order valence-corrected chi connectivity index (χ0v) is 14.6. The van der Waals surface area contributed by atoms with Crippen LogP contribution in [0.15, 0.2) is 60.7 Å². The van der Waals surface area contributed by atoms with Gasteiger partial charge in [-0.2, -0.15) is 0 Å². The van der Waals surface area contributed by atoms with Crippen molar-refractivity contribution < 1.29 is 4.79 Å². The third kappa shape index (κ3) is 4.35. The van der Waals surface area contributed by atoms with E-state index in [0.29, 0.717) is 29.6 Å². The SMILES string of the molecule is O=C(CNCc1ccc(Cl)cc1Cl)Cc1ccc2ccccc2c1. The Hall–Kier alpha value is -1.87. The van der Waals surface area contributed by atoms with Gasteiger partial charge in [-0.05, 0) is 34.0 Å². The van der Waals surface area contributed by atoms with E-state index < -0.39 is 0 Å². The van der Waals surface area contributed by atoms with E-state index in [9.17, 15) is 4.79 Å². The smallest absolute Gasteiger partial charge is 0.150 e. The summed E-state index contributed by atoms with van der Waals surface area (Å²) in [4.78, 5) is 12.2. The lowest BCUT2D eigenvalue weighted by atomic mass is 10.0. The van der Waals surface area contributed by atoms with Crippen LogP contribution in [0.4, 0.5) is 0 Å². The highest BCUT2D eigenvalue weighted by Gasteiger charge is 2.06. The Morgan fingerprint density at radius 2 is 1.71 bits per heavy atom. The van der Waals surface area contributed by atoms with Crippen molar-refractivity contribution in [3.63, 3.8) is 0 Å². The molecule has 0 amide bonds. The maximum Gasteiger partial charge on any atom is 0.150 e. The van der Waals surface area contributed by atoms with Crippen LogP contribution in [0.5, 0.6) is 0 Å². The van der Waals surface area contributed by atoms with Gasteiger partial charge in [-0.3, -0.25) is 4.79 Å². The number of hydrogen-bond acceptors (Lipinski definition) is 2. The van der Waals surface area contributed by atoms with Crippen molar-refractivity contribution in [2.24, 2.45) is 0 Å². The molecular weight excluding hydrogens is 341 g/mol. The van der Waals surface area contributed by atoms with Crippen molar-refractivity contribution in [3.8, 4) is 0 Å². The Morgan fingerprint density at radius 1 is 0.917 bits per heavy atom. The van der Waals surface area contributed by atoms with Crippen LogP contribution in [0.3, 0.4) is 0 Å². The van der Waals surface area contributed by atoms with E-state index in [2.05, 4.69) is 29.6 Å². The molecule has 3 aromatic carbocycles. The number of ketones is 1. The Balaban J connectivity index is 1.55. The zero-order valence-electron chi connectivity index (χ0n) is 13.1. The number of Topliss-reactive ketones (excluding diaryl/α,β-unsaturated/α-hetero) is 1. The summed E-state index contributed by atoms with van der Waals surface area (Å²) >= 11 is 12.0. The third-order valence-corrected chi connectivity index (χ3v) is 4.45. The summed E-state index contributed by atoms with van der Waals surface area (Å²) in [6, 6.07) is 19.6.